The highest BCUT2D eigenvalue weighted by molar-refractivity contribution is 6.08. The normalized spacial score (nSPS) is 16.7. The third kappa shape index (κ3) is 2.26. The molecule has 6 heteroatoms. The number of nitrogens with one attached hydrogen (secondary N) is 1. The molecule has 1 saturated carbocycles. The van der Waals surface area contributed by atoms with Gasteiger partial charge in [-0.05, 0) is 12.8 Å². The Balaban J connectivity index is 2.59. The summed E-state index contributed by atoms with van der Waals surface area (Å²) in [6, 6.07) is 0. The molecule has 0 unspecified atom stereocenters. The molecule has 1 rings (SSSR count). The van der Waals surface area contributed by atoms with Crippen molar-refractivity contribution in [2.45, 2.75) is 12.8 Å². The fourth-order valence-electron chi connectivity index (χ4n) is 1.42. The fourth-order valence-corrected chi connectivity index (χ4v) is 1.42. The van der Waals surface area contributed by atoms with Crippen LogP contribution in [0.5, 0.6) is 0 Å². The summed E-state index contributed by atoms with van der Waals surface area (Å²) in [5, 5.41) is 10.6. The minimum Gasteiger partial charge on any atom is -0.480 e. The molecule has 0 atom stereocenters. The Labute approximate surface area is 87.2 Å². The van der Waals surface area contributed by atoms with Crippen molar-refractivity contribution in [3.8, 4) is 0 Å². The van der Waals surface area contributed by atoms with E-state index < -0.39 is 23.8 Å². The van der Waals surface area contributed by atoms with E-state index in [9.17, 15) is 14.4 Å². The maximum absolute atomic E-state index is 11.6. The van der Waals surface area contributed by atoms with Crippen molar-refractivity contribution in [1.29, 1.82) is 0 Å². The predicted octanol–water partition coefficient (Wildman–Crippen LogP) is -0.944. The van der Waals surface area contributed by atoms with Gasteiger partial charge in [0, 0.05) is 14.1 Å². The first kappa shape index (κ1) is 11.5. The van der Waals surface area contributed by atoms with Crippen LogP contribution in [0.2, 0.25) is 0 Å². The molecular formula is C9H14N2O4. The van der Waals surface area contributed by atoms with Crippen LogP contribution in [0.4, 0.5) is 0 Å². The topological polar surface area (TPSA) is 86.7 Å². The summed E-state index contributed by atoms with van der Waals surface area (Å²) in [6.45, 7) is -0.443. The maximum Gasteiger partial charge on any atom is 0.322 e. The molecule has 0 aromatic carbocycles. The van der Waals surface area contributed by atoms with Crippen LogP contribution in [0.25, 0.3) is 0 Å². The number of carboxylic acids is 1. The highest BCUT2D eigenvalue weighted by Gasteiger charge is 2.57. The van der Waals surface area contributed by atoms with Crippen molar-refractivity contribution < 1.29 is 19.5 Å². The molecule has 0 bridgehead atoms. The van der Waals surface area contributed by atoms with Gasteiger partial charge < -0.3 is 15.3 Å². The minimum atomic E-state index is -1.11. The number of carboxylic acid groups (broad SMARTS) is 1. The molecule has 0 heterocycles. The van der Waals surface area contributed by atoms with Crippen LogP contribution in [0.15, 0.2) is 0 Å². The molecule has 0 aromatic rings. The average molecular weight is 214 g/mol. The Morgan fingerprint density at radius 2 is 1.87 bits per heavy atom. The summed E-state index contributed by atoms with van der Waals surface area (Å²) < 4.78 is 0. The van der Waals surface area contributed by atoms with Crippen LogP contribution < -0.4 is 5.32 Å². The van der Waals surface area contributed by atoms with Crippen LogP contribution in [0.3, 0.4) is 0 Å². The lowest BCUT2D eigenvalue weighted by Crippen LogP contribution is -2.43. The summed E-state index contributed by atoms with van der Waals surface area (Å²) in [5.41, 5.74) is -1.00. The zero-order valence-corrected chi connectivity index (χ0v) is 8.74. The number of nitrogens with zero attached hydrogens (tertiary/aromatic N) is 1. The molecule has 1 fully saturated rings. The van der Waals surface area contributed by atoms with Gasteiger partial charge in [0.1, 0.15) is 12.0 Å². The molecule has 0 radical (unpaired) electrons. The first-order chi connectivity index (χ1) is 6.90. The molecule has 15 heavy (non-hydrogen) atoms. The van der Waals surface area contributed by atoms with E-state index in [0.29, 0.717) is 12.8 Å². The molecule has 2 amide bonds. The van der Waals surface area contributed by atoms with Crippen LogP contribution >= 0.6 is 0 Å². The molecule has 0 aromatic heterocycles. The minimum absolute atomic E-state index is 0.259. The van der Waals surface area contributed by atoms with Gasteiger partial charge in [0.05, 0.1) is 0 Å². The molecule has 0 aliphatic heterocycles. The summed E-state index contributed by atoms with van der Waals surface area (Å²) in [7, 11) is 3.15. The Morgan fingerprint density at radius 3 is 2.20 bits per heavy atom. The highest BCUT2D eigenvalue weighted by Crippen LogP contribution is 2.47. The molecule has 0 spiro atoms. The van der Waals surface area contributed by atoms with Gasteiger partial charge in [-0.2, -0.15) is 0 Å². The summed E-state index contributed by atoms with van der Waals surface area (Å²) in [4.78, 5) is 34.8. The maximum atomic E-state index is 11.6. The summed E-state index contributed by atoms with van der Waals surface area (Å²) in [6.07, 6.45) is 0.991. The van der Waals surface area contributed by atoms with Crippen molar-refractivity contribution in [2.24, 2.45) is 5.41 Å². The van der Waals surface area contributed by atoms with Crippen molar-refractivity contribution in [3.05, 3.63) is 0 Å². The first-order valence-electron chi connectivity index (χ1n) is 4.62. The second-order valence-corrected chi connectivity index (χ2v) is 3.86. The molecule has 0 saturated heterocycles. The van der Waals surface area contributed by atoms with Crippen LogP contribution in [-0.2, 0) is 14.4 Å². The average Bonchev–Trinajstić information content (AvgIpc) is 2.93. The van der Waals surface area contributed by atoms with Crippen molar-refractivity contribution in [1.82, 2.24) is 10.2 Å². The Morgan fingerprint density at radius 1 is 1.33 bits per heavy atom. The first-order valence-corrected chi connectivity index (χ1v) is 4.62. The molecule has 6 nitrogen and oxygen atoms in total. The standard InChI is InChI=1S/C9H14N2O4/c1-11(2)8(15)9(3-4-9)7(14)10-5-6(12)13/h3-5H2,1-2H3,(H,10,14)(H,12,13). The van der Waals surface area contributed by atoms with Gasteiger partial charge in [0.2, 0.25) is 11.8 Å². The van der Waals surface area contributed by atoms with E-state index in [1.165, 1.54) is 4.90 Å². The number of hydrogen-bond donors (Lipinski definition) is 2. The van der Waals surface area contributed by atoms with E-state index >= 15 is 0 Å². The van der Waals surface area contributed by atoms with E-state index in [1.807, 2.05) is 0 Å². The van der Waals surface area contributed by atoms with Crippen molar-refractivity contribution in [3.63, 3.8) is 0 Å². The summed E-state index contributed by atoms with van der Waals surface area (Å²) in [5.74, 6) is -1.86. The van der Waals surface area contributed by atoms with E-state index in [-0.39, 0.29) is 5.91 Å². The van der Waals surface area contributed by atoms with E-state index in [1.54, 1.807) is 14.1 Å². The monoisotopic (exact) mass is 214 g/mol. The fraction of sp³-hybridized carbons (Fsp3) is 0.667. The number of amides is 2. The Bertz CT molecular complexity index is 307. The van der Waals surface area contributed by atoms with Crippen LogP contribution in [0.1, 0.15) is 12.8 Å². The quantitative estimate of drug-likeness (QED) is 0.591. The molecule has 1 aliphatic carbocycles. The second kappa shape index (κ2) is 3.88. The lowest BCUT2D eigenvalue weighted by molar-refractivity contribution is -0.145. The van der Waals surface area contributed by atoms with E-state index in [4.69, 9.17) is 5.11 Å². The second-order valence-electron chi connectivity index (χ2n) is 3.86. The number of carbonyl (C=O) groups is 3. The number of hydrogen-bond acceptors (Lipinski definition) is 3. The highest BCUT2D eigenvalue weighted by atomic mass is 16.4. The van der Waals surface area contributed by atoms with Gasteiger partial charge in [-0.3, -0.25) is 14.4 Å². The SMILES string of the molecule is CN(C)C(=O)C1(C(=O)NCC(=O)O)CC1. The zero-order valence-electron chi connectivity index (χ0n) is 8.74. The van der Waals surface area contributed by atoms with Crippen LogP contribution in [0, 0.1) is 5.41 Å². The third-order valence-corrected chi connectivity index (χ3v) is 2.40. The zero-order chi connectivity index (χ0) is 11.6. The molecule has 84 valence electrons. The molecule has 2 N–H and O–H groups in total. The van der Waals surface area contributed by atoms with Gasteiger partial charge >= 0.3 is 5.97 Å². The van der Waals surface area contributed by atoms with Crippen molar-refractivity contribution in [2.75, 3.05) is 20.6 Å². The number of aliphatic carboxylic acids is 1. The third-order valence-electron chi connectivity index (χ3n) is 2.40. The number of rotatable bonds is 4. The van der Waals surface area contributed by atoms with E-state index in [0.717, 1.165) is 0 Å². The summed E-state index contributed by atoms with van der Waals surface area (Å²) >= 11 is 0. The largest absolute Gasteiger partial charge is 0.480 e. The van der Waals surface area contributed by atoms with Gasteiger partial charge in [-0.1, -0.05) is 0 Å². The smallest absolute Gasteiger partial charge is 0.322 e. The van der Waals surface area contributed by atoms with Gasteiger partial charge in [-0.15, -0.1) is 0 Å². The molecule has 1 aliphatic rings. The Hall–Kier alpha value is -1.59. The van der Waals surface area contributed by atoms with Gasteiger partial charge in [0.15, 0.2) is 0 Å². The van der Waals surface area contributed by atoms with Crippen molar-refractivity contribution >= 4 is 17.8 Å². The van der Waals surface area contributed by atoms with Gasteiger partial charge in [-0.25, -0.2) is 0 Å². The molecular weight excluding hydrogens is 200 g/mol. The Kier molecular flexibility index (Phi) is 2.97. The lowest BCUT2D eigenvalue weighted by atomic mass is 10.0. The number of carbonyl (C=O) groups excluding carboxylic acids is 2. The van der Waals surface area contributed by atoms with E-state index in [2.05, 4.69) is 5.32 Å². The van der Waals surface area contributed by atoms with Crippen LogP contribution in [-0.4, -0.2) is 48.4 Å². The predicted molar refractivity (Wildman–Crippen MR) is 51.0 cm³/mol. The van der Waals surface area contributed by atoms with Gasteiger partial charge in [0.25, 0.3) is 0 Å². The lowest BCUT2D eigenvalue weighted by Gasteiger charge is -2.18.